The number of carboxylic acid groups (broad SMARTS) is 1. The number of Topliss-reactive ketones (excluding diaryl/α,β-unsaturated/α-hetero) is 1. The van der Waals surface area contributed by atoms with E-state index in [0.29, 0.717) is 5.56 Å². The van der Waals surface area contributed by atoms with Gasteiger partial charge in [-0.25, -0.2) is 0 Å². The summed E-state index contributed by atoms with van der Waals surface area (Å²) in [5.74, 6) is -3.37. The van der Waals surface area contributed by atoms with Gasteiger partial charge in [0.05, 0.1) is 0 Å². The van der Waals surface area contributed by atoms with Crippen LogP contribution in [0.2, 0.25) is 0 Å². The summed E-state index contributed by atoms with van der Waals surface area (Å²) in [5, 5.41) is 27.1. The van der Waals surface area contributed by atoms with Crippen LogP contribution < -0.4 is 0 Å². The molecular weight excluding hydrogens is 212 g/mol. The van der Waals surface area contributed by atoms with Crippen molar-refractivity contribution in [3.8, 4) is 11.5 Å². The zero-order valence-electron chi connectivity index (χ0n) is 8.67. The van der Waals surface area contributed by atoms with Crippen molar-refractivity contribution >= 4 is 11.8 Å². The third-order valence-electron chi connectivity index (χ3n) is 2.27. The van der Waals surface area contributed by atoms with E-state index in [9.17, 15) is 14.7 Å². The Morgan fingerprint density at radius 2 is 1.88 bits per heavy atom. The number of carbonyl (C=O) groups excluding carboxylic acids is 1. The molecule has 1 rings (SSSR count). The average Bonchev–Trinajstić information content (AvgIpc) is 2.18. The molecule has 0 bridgehead atoms. The van der Waals surface area contributed by atoms with Gasteiger partial charge in [0.1, 0.15) is 11.7 Å². The molecule has 0 aliphatic carbocycles. The maximum absolute atomic E-state index is 11.0. The van der Waals surface area contributed by atoms with Crippen LogP contribution in [0.25, 0.3) is 0 Å². The van der Waals surface area contributed by atoms with Crippen LogP contribution in [0.4, 0.5) is 0 Å². The highest BCUT2D eigenvalue weighted by atomic mass is 16.4. The molecule has 0 saturated heterocycles. The number of rotatable bonds is 4. The van der Waals surface area contributed by atoms with Gasteiger partial charge >= 0.3 is 5.97 Å². The molecular formula is C11H12O5. The highest BCUT2D eigenvalue weighted by Gasteiger charge is 2.23. The van der Waals surface area contributed by atoms with E-state index in [2.05, 4.69) is 0 Å². The van der Waals surface area contributed by atoms with Crippen molar-refractivity contribution in [3.63, 3.8) is 0 Å². The van der Waals surface area contributed by atoms with Crippen LogP contribution >= 0.6 is 0 Å². The van der Waals surface area contributed by atoms with Crippen LogP contribution in [0, 0.1) is 5.92 Å². The third kappa shape index (κ3) is 2.73. The quantitative estimate of drug-likeness (QED) is 0.522. The number of ketones is 1. The molecule has 0 amide bonds. The van der Waals surface area contributed by atoms with Gasteiger partial charge in [-0.3, -0.25) is 9.59 Å². The van der Waals surface area contributed by atoms with E-state index in [0.717, 1.165) is 0 Å². The highest BCUT2D eigenvalue weighted by Crippen LogP contribution is 2.26. The molecule has 86 valence electrons. The zero-order valence-corrected chi connectivity index (χ0v) is 8.67. The summed E-state index contributed by atoms with van der Waals surface area (Å²) in [5.41, 5.74) is 0.484. The van der Waals surface area contributed by atoms with E-state index >= 15 is 0 Å². The molecule has 16 heavy (non-hydrogen) atoms. The fourth-order valence-electron chi connectivity index (χ4n) is 1.34. The minimum atomic E-state index is -1.19. The Labute approximate surface area is 92.0 Å². The number of aliphatic carboxylic acids is 1. The van der Waals surface area contributed by atoms with Crippen LogP contribution in [0.1, 0.15) is 12.5 Å². The summed E-state index contributed by atoms with van der Waals surface area (Å²) >= 11 is 0. The first kappa shape index (κ1) is 12.0. The summed E-state index contributed by atoms with van der Waals surface area (Å²) in [6.45, 7) is 1.21. The van der Waals surface area contributed by atoms with Gasteiger partial charge in [0.2, 0.25) is 0 Å². The van der Waals surface area contributed by atoms with Gasteiger partial charge < -0.3 is 15.3 Å². The fourth-order valence-corrected chi connectivity index (χ4v) is 1.34. The first-order chi connectivity index (χ1) is 7.41. The second-order valence-corrected chi connectivity index (χ2v) is 3.53. The van der Waals surface area contributed by atoms with Crippen LogP contribution in [-0.2, 0) is 16.0 Å². The molecule has 0 aromatic heterocycles. The fraction of sp³-hybridized carbons (Fsp3) is 0.273. The monoisotopic (exact) mass is 224 g/mol. The predicted molar refractivity (Wildman–Crippen MR) is 55.3 cm³/mol. The van der Waals surface area contributed by atoms with E-state index in [-0.39, 0.29) is 17.9 Å². The normalized spacial score (nSPS) is 12.1. The van der Waals surface area contributed by atoms with Crippen molar-refractivity contribution in [2.24, 2.45) is 5.92 Å². The number of carbonyl (C=O) groups is 2. The Hall–Kier alpha value is -2.04. The molecule has 0 aliphatic heterocycles. The summed E-state index contributed by atoms with van der Waals surface area (Å²) in [4.78, 5) is 21.8. The topological polar surface area (TPSA) is 94.8 Å². The molecule has 1 aromatic carbocycles. The van der Waals surface area contributed by atoms with Crippen LogP contribution in [0.3, 0.4) is 0 Å². The zero-order chi connectivity index (χ0) is 12.3. The molecule has 1 aromatic rings. The average molecular weight is 224 g/mol. The van der Waals surface area contributed by atoms with Crippen molar-refractivity contribution in [2.75, 3.05) is 0 Å². The summed E-state index contributed by atoms with van der Waals surface area (Å²) in [7, 11) is 0. The van der Waals surface area contributed by atoms with Gasteiger partial charge in [0.15, 0.2) is 11.5 Å². The van der Waals surface area contributed by atoms with Crippen LogP contribution in [0.15, 0.2) is 18.2 Å². The van der Waals surface area contributed by atoms with Gasteiger partial charge in [0, 0.05) is 0 Å². The Kier molecular flexibility index (Phi) is 3.50. The van der Waals surface area contributed by atoms with Gasteiger partial charge in [-0.05, 0) is 31.0 Å². The molecule has 3 N–H and O–H groups in total. The van der Waals surface area contributed by atoms with E-state index in [1.54, 1.807) is 0 Å². The lowest BCUT2D eigenvalue weighted by atomic mass is 9.96. The Bertz CT molecular complexity index is 410. The van der Waals surface area contributed by atoms with Crippen molar-refractivity contribution in [1.29, 1.82) is 0 Å². The van der Waals surface area contributed by atoms with Gasteiger partial charge in [-0.15, -0.1) is 0 Å². The third-order valence-corrected chi connectivity index (χ3v) is 2.27. The molecule has 0 fully saturated rings. The lowest BCUT2D eigenvalue weighted by Crippen LogP contribution is -2.23. The number of hydrogen-bond acceptors (Lipinski definition) is 4. The lowest BCUT2D eigenvalue weighted by molar-refractivity contribution is -0.145. The first-order valence-electron chi connectivity index (χ1n) is 4.66. The van der Waals surface area contributed by atoms with Crippen molar-refractivity contribution in [1.82, 2.24) is 0 Å². The summed E-state index contributed by atoms with van der Waals surface area (Å²) in [6.07, 6.45) is -0.00148. The smallest absolute Gasteiger partial charge is 0.314 e. The second kappa shape index (κ2) is 4.65. The van der Waals surface area contributed by atoms with E-state index < -0.39 is 17.7 Å². The van der Waals surface area contributed by atoms with Gasteiger partial charge in [-0.2, -0.15) is 0 Å². The Morgan fingerprint density at radius 1 is 1.25 bits per heavy atom. The lowest BCUT2D eigenvalue weighted by Gasteiger charge is -2.09. The van der Waals surface area contributed by atoms with E-state index in [1.165, 1.54) is 25.1 Å². The number of hydrogen-bond donors (Lipinski definition) is 3. The molecule has 0 radical (unpaired) electrons. The molecule has 0 heterocycles. The van der Waals surface area contributed by atoms with Gasteiger partial charge in [-0.1, -0.05) is 6.07 Å². The minimum absolute atomic E-state index is 0.00148. The van der Waals surface area contributed by atoms with Crippen molar-refractivity contribution < 1.29 is 24.9 Å². The summed E-state index contributed by atoms with van der Waals surface area (Å²) < 4.78 is 0. The predicted octanol–water partition coefficient (Wildman–Crippen LogP) is 0.930. The molecule has 5 nitrogen and oxygen atoms in total. The maximum Gasteiger partial charge on any atom is 0.314 e. The van der Waals surface area contributed by atoms with Crippen LogP contribution in [0.5, 0.6) is 11.5 Å². The van der Waals surface area contributed by atoms with E-state index in [4.69, 9.17) is 10.2 Å². The SMILES string of the molecule is CC(=O)C(Cc1ccc(O)c(O)c1)C(=O)O. The van der Waals surface area contributed by atoms with Gasteiger partial charge in [0.25, 0.3) is 0 Å². The molecule has 0 aliphatic rings. The summed E-state index contributed by atoms with van der Waals surface area (Å²) in [6, 6.07) is 3.96. The largest absolute Gasteiger partial charge is 0.504 e. The number of aromatic hydroxyl groups is 2. The molecule has 1 atom stereocenters. The number of phenolic OH excluding ortho intramolecular Hbond substituents is 2. The van der Waals surface area contributed by atoms with E-state index in [1.807, 2.05) is 0 Å². The highest BCUT2D eigenvalue weighted by molar-refractivity contribution is 5.97. The Morgan fingerprint density at radius 3 is 2.31 bits per heavy atom. The molecule has 5 heteroatoms. The molecule has 0 spiro atoms. The van der Waals surface area contributed by atoms with Crippen molar-refractivity contribution in [2.45, 2.75) is 13.3 Å². The second-order valence-electron chi connectivity index (χ2n) is 3.53. The maximum atomic E-state index is 11.0. The number of carboxylic acids is 1. The standard InChI is InChI=1S/C11H12O5/c1-6(12)8(11(15)16)4-7-2-3-9(13)10(14)5-7/h2-3,5,8,13-14H,4H2,1H3,(H,15,16). The van der Waals surface area contributed by atoms with Crippen LogP contribution in [-0.4, -0.2) is 27.1 Å². The van der Waals surface area contributed by atoms with Crippen molar-refractivity contribution in [3.05, 3.63) is 23.8 Å². The Balaban J connectivity index is 2.90. The minimum Gasteiger partial charge on any atom is -0.504 e. The number of phenols is 2. The first-order valence-corrected chi connectivity index (χ1v) is 4.66. The molecule has 1 unspecified atom stereocenters. The number of benzene rings is 1. The molecule has 0 saturated carbocycles.